The summed E-state index contributed by atoms with van der Waals surface area (Å²) in [5.74, 6) is 0. The SMILES string of the molecule is N#CCCCCOC(=O)OCCCCC#N. The molecule has 0 saturated heterocycles. The molecule has 88 valence electrons. The highest BCUT2D eigenvalue weighted by atomic mass is 16.7. The zero-order chi connectivity index (χ0) is 12.1. The van der Waals surface area contributed by atoms with Gasteiger partial charge in [0.15, 0.2) is 0 Å². The fraction of sp³-hybridized carbons (Fsp3) is 0.727. The third kappa shape index (κ3) is 10.3. The predicted octanol–water partition coefficient (Wildman–Crippen LogP) is 2.53. The summed E-state index contributed by atoms with van der Waals surface area (Å²) in [6.07, 6.45) is 3.10. The first-order chi connectivity index (χ1) is 7.81. The number of carbonyl (C=O) groups is 1. The van der Waals surface area contributed by atoms with Crippen LogP contribution in [-0.2, 0) is 9.47 Å². The second-order valence-electron chi connectivity index (χ2n) is 3.18. The predicted molar refractivity (Wildman–Crippen MR) is 56.2 cm³/mol. The number of unbranched alkanes of at least 4 members (excludes halogenated alkanes) is 4. The Morgan fingerprint density at radius 2 is 1.31 bits per heavy atom. The van der Waals surface area contributed by atoms with Crippen LogP contribution in [0.25, 0.3) is 0 Å². The van der Waals surface area contributed by atoms with Crippen LogP contribution in [-0.4, -0.2) is 19.4 Å². The van der Waals surface area contributed by atoms with Gasteiger partial charge in [0, 0.05) is 12.8 Å². The van der Waals surface area contributed by atoms with E-state index in [1.165, 1.54) is 0 Å². The van der Waals surface area contributed by atoms with Gasteiger partial charge in [-0.05, 0) is 25.7 Å². The maximum atomic E-state index is 10.9. The highest BCUT2D eigenvalue weighted by molar-refractivity contribution is 5.59. The van der Waals surface area contributed by atoms with Crippen molar-refractivity contribution in [1.29, 1.82) is 10.5 Å². The smallest absolute Gasteiger partial charge is 0.434 e. The highest BCUT2D eigenvalue weighted by Crippen LogP contribution is 1.98. The van der Waals surface area contributed by atoms with E-state index in [1.807, 2.05) is 12.1 Å². The molecule has 0 aliphatic rings. The molecule has 5 heteroatoms. The van der Waals surface area contributed by atoms with Gasteiger partial charge in [-0.1, -0.05) is 0 Å². The van der Waals surface area contributed by atoms with Crippen LogP contribution < -0.4 is 0 Å². The molecule has 0 aromatic carbocycles. The van der Waals surface area contributed by atoms with Crippen LogP contribution in [0.4, 0.5) is 4.79 Å². The lowest BCUT2D eigenvalue weighted by atomic mass is 10.3. The molecule has 0 heterocycles. The van der Waals surface area contributed by atoms with Gasteiger partial charge in [-0.15, -0.1) is 0 Å². The zero-order valence-electron chi connectivity index (χ0n) is 9.28. The van der Waals surface area contributed by atoms with Gasteiger partial charge in [-0.3, -0.25) is 0 Å². The van der Waals surface area contributed by atoms with E-state index in [4.69, 9.17) is 20.0 Å². The molecule has 0 aliphatic heterocycles. The molecule has 0 atom stereocenters. The first-order valence-electron chi connectivity index (χ1n) is 5.34. The molecule has 0 saturated carbocycles. The monoisotopic (exact) mass is 224 g/mol. The number of rotatable bonds is 8. The van der Waals surface area contributed by atoms with E-state index in [2.05, 4.69) is 0 Å². The van der Waals surface area contributed by atoms with E-state index < -0.39 is 6.16 Å². The van der Waals surface area contributed by atoms with Gasteiger partial charge >= 0.3 is 6.16 Å². The Morgan fingerprint density at radius 1 is 0.875 bits per heavy atom. The van der Waals surface area contributed by atoms with Crippen molar-refractivity contribution in [3.05, 3.63) is 0 Å². The number of hydrogen-bond acceptors (Lipinski definition) is 5. The number of carbonyl (C=O) groups excluding carboxylic acids is 1. The van der Waals surface area contributed by atoms with Gasteiger partial charge in [0.25, 0.3) is 0 Å². The fourth-order valence-corrected chi connectivity index (χ4v) is 0.965. The Hall–Kier alpha value is -1.75. The third-order valence-electron chi connectivity index (χ3n) is 1.81. The van der Waals surface area contributed by atoms with Gasteiger partial charge in [0.1, 0.15) is 0 Å². The zero-order valence-corrected chi connectivity index (χ0v) is 9.28. The Labute approximate surface area is 95.6 Å². The Balaban J connectivity index is 3.19. The van der Waals surface area contributed by atoms with E-state index in [0.717, 1.165) is 12.8 Å². The summed E-state index contributed by atoms with van der Waals surface area (Å²) in [5, 5.41) is 16.5. The van der Waals surface area contributed by atoms with E-state index in [0.29, 0.717) is 38.9 Å². The summed E-state index contributed by atoms with van der Waals surface area (Å²) in [6, 6.07) is 4.02. The van der Waals surface area contributed by atoms with Crippen LogP contribution in [0.1, 0.15) is 38.5 Å². The van der Waals surface area contributed by atoms with Crippen LogP contribution in [0.5, 0.6) is 0 Å². The van der Waals surface area contributed by atoms with Crippen molar-refractivity contribution in [1.82, 2.24) is 0 Å². The van der Waals surface area contributed by atoms with Crippen molar-refractivity contribution >= 4 is 6.16 Å². The first kappa shape index (κ1) is 14.2. The van der Waals surface area contributed by atoms with Crippen molar-refractivity contribution < 1.29 is 14.3 Å². The molecule has 0 spiro atoms. The minimum Gasteiger partial charge on any atom is -0.434 e. The van der Waals surface area contributed by atoms with Gasteiger partial charge in [0.05, 0.1) is 25.4 Å². The van der Waals surface area contributed by atoms with E-state index in [1.54, 1.807) is 0 Å². The second-order valence-corrected chi connectivity index (χ2v) is 3.18. The van der Waals surface area contributed by atoms with Crippen molar-refractivity contribution in [3.63, 3.8) is 0 Å². The average Bonchev–Trinajstić information content (AvgIpc) is 2.28. The molecule has 0 N–H and O–H groups in total. The topological polar surface area (TPSA) is 83.1 Å². The molecular formula is C11H16N2O3. The molecular weight excluding hydrogens is 208 g/mol. The average molecular weight is 224 g/mol. The van der Waals surface area contributed by atoms with Crippen molar-refractivity contribution in [2.24, 2.45) is 0 Å². The lowest BCUT2D eigenvalue weighted by Crippen LogP contribution is -2.09. The summed E-state index contributed by atoms with van der Waals surface area (Å²) in [7, 11) is 0. The number of nitriles is 2. The van der Waals surface area contributed by atoms with Crippen LogP contribution >= 0.6 is 0 Å². The quantitative estimate of drug-likeness (QED) is 0.467. The maximum Gasteiger partial charge on any atom is 0.508 e. The van der Waals surface area contributed by atoms with Crippen molar-refractivity contribution in [2.45, 2.75) is 38.5 Å². The molecule has 0 aliphatic carbocycles. The summed E-state index contributed by atoms with van der Waals surface area (Å²) >= 11 is 0. The third-order valence-corrected chi connectivity index (χ3v) is 1.81. The first-order valence-corrected chi connectivity index (χ1v) is 5.34. The molecule has 0 aromatic rings. The fourth-order valence-electron chi connectivity index (χ4n) is 0.965. The van der Waals surface area contributed by atoms with Crippen LogP contribution in [0.3, 0.4) is 0 Å². The Bertz CT molecular complexity index is 239. The highest BCUT2D eigenvalue weighted by Gasteiger charge is 2.02. The molecule has 0 fully saturated rings. The lowest BCUT2D eigenvalue weighted by molar-refractivity contribution is 0.0533. The normalized spacial score (nSPS) is 8.88. The molecule has 0 radical (unpaired) electrons. The molecule has 5 nitrogen and oxygen atoms in total. The van der Waals surface area contributed by atoms with E-state index >= 15 is 0 Å². The summed E-state index contributed by atoms with van der Waals surface area (Å²) in [4.78, 5) is 10.9. The summed E-state index contributed by atoms with van der Waals surface area (Å²) in [6.45, 7) is 0.581. The molecule has 0 aromatic heterocycles. The largest absolute Gasteiger partial charge is 0.508 e. The minimum atomic E-state index is -0.672. The number of ether oxygens (including phenoxy) is 2. The number of nitrogens with zero attached hydrogens (tertiary/aromatic N) is 2. The Morgan fingerprint density at radius 3 is 1.69 bits per heavy atom. The molecule has 0 rings (SSSR count). The molecule has 0 unspecified atom stereocenters. The molecule has 0 bridgehead atoms. The van der Waals surface area contributed by atoms with Crippen LogP contribution in [0.2, 0.25) is 0 Å². The van der Waals surface area contributed by atoms with Crippen LogP contribution in [0, 0.1) is 22.7 Å². The molecule has 0 amide bonds. The molecule has 16 heavy (non-hydrogen) atoms. The van der Waals surface area contributed by atoms with Gasteiger partial charge in [0.2, 0.25) is 0 Å². The van der Waals surface area contributed by atoms with Gasteiger partial charge in [-0.25, -0.2) is 4.79 Å². The Kier molecular flexibility index (Phi) is 10.1. The lowest BCUT2D eigenvalue weighted by Gasteiger charge is -2.04. The van der Waals surface area contributed by atoms with Crippen LogP contribution in [0.15, 0.2) is 0 Å². The second kappa shape index (κ2) is 11.3. The number of hydrogen-bond donors (Lipinski definition) is 0. The van der Waals surface area contributed by atoms with E-state index in [9.17, 15) is 4.79 Å². The van der Waals surface area contributed by atoms with Gasteiger partial charge < -0.3 is 9.47 Å². The summed E-state index contributed by atoms with van der Waals surface area (Å²) in [5.41, 5.74) is 0. The standard InChI is InChI=1S/C11H16N2O3/c12-7-3-1-5-9-15-11(14)16-10-6-2-4-8-13/h1-6,9-10H2. The van der Waals surface area contributed by atoms with Crippen molar-refractivity contribution in [3.8, 4) is 12.1 Å². The summed E-state index contributed by atoms with van der Waals surface area (Å²) < 4.78 is 9.52. The van der Waals surface area contributed by atoms with Gasteiger partial charge in [-0.2, -0.15) is 10.5 Å². The minimum absolute atomic E-state index is 0.290. The van der Waals surface area contributed by atoms with Crippen molar-refractivity contribution in [2.75, 3.05) is 13.2 Å². The maximum absolute atomic E-state index is 10.9. The van der Waals surface area contributed by atoms with E-state index in [-0.39, 0.29) is 0 Å².